The summed E-state index contributed by atoms with van der Waals surface area (Å²) in [7, 11) is 0. The number of fused-ring (bicyclic) bond motifs is 9. The average molecular weight is 676 g/mol. The molecule has 0 unspecified atom stereocenters. The Bertz CT molecular complexity index is 3380. The molecule has 0 spiro atoms. The Morgan fingerprint density at radius 2 is 1.18 bits per heavy atom. The molecule has 0 N–H and O–H groups in total. The molecule has 0 atom stereocenters. The first-order chi connectivity index (χ1) is 27.4. The SMILES string of the molecule is [2H]c1c([2H])c([2H])c(-c2nc(-c3ccc4sc5c(-n6c7ccccc7c7ccccc76)cccc5c4c3)nc(-c3cccc4c3oc3ccccc34)n2)c([2H])c1[2H]. The molecule has 7 aromatic carbocycles. The van der Waals surface area contributed by atoms with Crippen molar-refractivity contribution in [2.75, 3.05) is 0 Å². The Hall–Kier alpha value is -6.63. The van der Waals surface area contributed by atoms with Crippen LogP contribution in [0.5, 0.6) is 0 Å². The summed E-state index contributed by atoms with van der Waals surface area (Å²) >= 11 is 1.72. The number of hydrogen-bond donors (Lipinski definition) is 0. The van der Waals surface area contributed by atoms with Gasteiger partial charge >= 0.3 is 0 Å². The van der Waals surface area contributed by atoms with Crippen molar-refractivity contribution in [3.8, 4) is 39.9 Å². The number of para-hydroxylation sites is 4. The van der Waals surface area contributed by atoms with Crippen molar-refractivity contribution in [2.45, 2.75) is 0 Å². The topological polar surface area (TPSA) is 56.7 Å². The zero-order chi connectivity index (χ0) is 37.8. The number of furan rings is 1. The lowest BCUT2D eigenvalue weighted by Gasteiger charge is -2.09. The van der Waals surface area contributed by atoms with Gasteiger partial charge in [-0.1, -0.05) is 109 Å². The fourth-order valence-corrected chi connectivity index (χ4v) is 8.49. The first-order valence-electron chi connectivity index (χ1n) is 19.0. The molecule has 6 heteroatoms. The summed E-state index contributed by atoms with van der Waals surface area (Å²) in [6.45, 7) is 0. The minimum atomic E-state index is -0.486. The van der Waals surface area contributed by atoms with Crippen LogP contribution in [-0.4, -0.2) is 19.5 Å². The molecule has 51 heavy (non-hydrogen) atoms. The molecule has 0 amide bonds. The van der Waals surface area contributed by atoms with Gasteiger partial charge in [0.1, 0.15) is 11.2 Å². The number of benzene rings is 7. The Morgan fingerprint density at radius 1 is 0.529 bits per heavy atom. The number of rotatable bonds is 4. The van der Waals surface area contributed by atoms with Gasteiger partial charge < -0.3 is 8.98 Å². The first kappa shape index (κ1) is 23.7. The van der Waals surface area contributed by atoms with Crippen LogP contribution < -0.4 is 0 Å². The first-order valence-corrected chi connectivity index (χ1v) is 17.4. The molecule has 0 saturated carbocycles. The van der Waals surface area contributed by atoms with E-state index in [1.807, 2.05) is 48.5 Å². The molecule has 0 bridgehead atoms. The van der Waals surface area contributed by atoms with E-state index in [1.165, 1.54) is 10.8 Å². The molecule has 11 rings (SSSR count). The number of thiophene rings is 1. The number of aromatic nitrogens is 4. The second-order valence-corrected chi connectivity index (χ2v) is 13.5. The van der Waals surface area contributed by atoms with Gasteiger partial charge in [-0.2, -0.15) is 0 Å². The maximum absolute atomic E-state index is 8.79. The molecule has 0 radical (unpaired) electrons. The van der Waals surface area contributed by atoms with E-state index >= 15 is 0 Å². The minimum absolute atomic E-state index is 0.0287. The van der Waals surface area contributed by atoms with Crippen molar-refractivity contribution in [3.63, 3.8) is 0 Å². The monoisotopic (exact) mass is 675 g/mol. The highest BCUT2D eigenvalue weighted by Gasteiger charge is 2.20. The van der Waals surface area contributed by atoms with E-state index in [2.05, 4.69) is 83.4 Å². The fraction of sp³-hybridized carbons (Fsp3) is 0. The van der Waals surface area contributed by atoms with Gasteiger partial charge in [-0.15, -0.1) is 11.3 Å². The van der Waals surface area contributed by atoms with E-state index in [0.29, 0.717) is 28.1 Å². The summed E-state index contributed by atoms with van der Waals surface area (Å²) in [5.41, 5.74) is 5.83. The van der Waals surface area contributed by atoms with E-state index in [4.69, 9.17) is 26.2 Å². The maximum Gasteiger partial charge on any atom is 0.167 e. The summed E-state index contributed by atoms with van der Waals surface area (Å²) in [5.74, 6) is 0.522. The predicted molar refractivity (Wildman–Crippen MR) is 211 cm³/mol. The van der Waals surface area contributed by atoms with Crippen molar-refractivity contribution >= 4 is 75.3 Å². The molecule has 0 fully saturated rings. The van der Waals surface area contributed by atoms with Crippen molar-refractivity contribution in [1.82, 2.24) is 19.5 Å². The molecule has 0 saturated heterocycles. The third kappa shape index (κ3) is 4.30. The number of hydrogen-bond acceptors (Lipinski definition) is 5. The van der Waals surface area contributed by atoms with Crippen LogP contribution in [0.15, 0.2) is 162 Å². The maximum atomic E-state index is 8.79. The standard InChI is InChI=1S/C45H26N4OS/c1-2-12-27(13-3-1)43-46-44(48-45(47-43)34-19-10-17-32-31-16-6-9-23-39(31)50-41(32)34)28-24-25-40-35(26-28)33-18-11-22-38(42(33)51-40)49-36-20-7-4-14-29(36)30-15-5-8-21-37(30)49/h1-26H/i1D,2D,3D,12D,13D. The van der Waals surface area contributed by atoms with Gasteiger partial charge in [0, 0.05) is 48.1 Å². The summed E-state index contributed by atoms with van der Waals surface area (Å²) in [6, 6.07) is 40.8. The predicted octanol–water partition coefficient (Wildman–Crippen LogP) is 12.2. The van der Waals surface area contributed by atoms with Gasteiger partial charge in [-0.05, 0) is 48.5 Å². The van der Waals surface area contributed by atoms with Gasteiger partial charge in [0.2, 0.25) is 0 Å². The largest absolute Gasteiger partial charge is 0.455 e. The lowest BCUT2D eigenvalue weighted by molar-refractivity contribution is 0.669. The molecule has 5 nitrogen and oxygen atoms in total. The highest BCUT2D eigenvalue weighted by molar-refractivity contribution is 7.26. The van der Waals surface area contributed by atoms with Gasteiger partial charge in [0.15, 0.2) is 17.5 Å². The van der Waals surface area contributed by atoms with Gasteiger partial charge in [-0.25, -0.2) is 15.0 Å². The molecule has 0 aliphatic heterocycles. The lowest BCUT2D eigenvalue weighted by Crippen LogP contribution is -2.00. The van der Waals surface area contributed by atoms with Gasteiger partial charge in [0.05, 0.1) is 33.8 Å². The van der Waals surface area contributed by atoms with Crippen molar-refractivity contribution in [3.05, 3.63) is 158 Å². The molecule has 11 aromatic rings. The normalized spacial score (nSPS) is 13.3. The molecular formula is C45H26N4OS. The quantitative estimate of drug-likeness (QED) is 0.186. The van der Waals surface area contributed by atoms with Crippen LogP contribution in [0.2, 0.25) is 0 Å². The molecule has 0 aliphatic rings. The Balaban J connectivity index is 1.15. The molecular weight excluding hydrogens is 645 g/mol. The highest BCUT2D eigenvalue weighted by atomic mass is 32.1. The van der Waals surface area contributed by atoms with Crippen molar-refractivity contribution < 1.29 is 11.3 Å². The highest BCUT2D eigenvalue weighted by Crippen LogP contribution is 2.42. The van der Waals surface area contributed by atoms with Gasteiger partial charge in [-0.3, -0.25) is 0 Å². The average Bonchev–Trinajstić information content (AvgIpc) is 3.92. The van der Waals surface area contributed by atoms with E-state index < -0.39 is 30.2 Å². The van der Waals surface area contributed by atoms with Crippen LogP contribution in [0.25, 0.3) is 104 Å². The summed E-state index contributed by atoms with van der Waals surface area (Å²) in [6.07, 6.45) is 0. The Morgan fingerprint density at radius 3 is 1.98 bits per heavy atom. The van der Waals surface area contributed by atoms with Gasteiger partial charge in [0.25, 0.3) is 0 Å². The third-order valence-electron chi connectivity index (χ3n) is 9.56. The van der Waals surface area contributed by atoms with Crippen LogP contribution in [0.3, 0.4) is 0 Å². The van der Waals surface area contributed by atoms with Crippen LogP contribution in [0.1, 0.15) is 6.85 Å². The smallest absolute Gasteiger partial charge is 0.167 e. The summed E-state index contributed by atoms with van der Waals surface area (Å²) in [5, 5.41) is 6.33. The Labute approximate surface area is 302 Å². The van der Waals surface area contributed by atoms with Crippen molar-refractivity contribution in [1.29, 1.82) is 0 Å². The Kier molecular flexibility index (Phi) is 5.08. The lowest BCUT2D eigenvalue weighted by atomic mass is 10.1. The molecule has 4 heterocycles. The van der Waals surface area contributed by atoms with E-state index in [1.54, 1.807) is 11.3 Å². The van der Waals surface area contributed by atoms with Crippen LogP contribution in [-0.2, 0) is 0 Å². The third-order valence-corrected chi connectivity index (χ3v) is 10.8. The second-order valence-electron chi connectivity index (χ2n) is 12.4. The molecule has 238 valence electrons. The van der Waals surface area contributed by atoms with E-state index in [9.17, 15) is 0 Å². The summed E-state index contributed by atoms with van der Waals surface area (Å²) < 4.78 is 53.5. The van der Waals surface area contributed by atoms with Crippen LogP contribution in [0.4, 0.5) is 0 Å². The molecule has 4 aromatic heterocycles. The zero-order valence-corrected chi connectivity index (χ0v) is 27.5. The van der Waals surface area contributed by atoms with E-state index in [0.717, 1.165) is 47.7 Å². The second kappa shape index (κ2) is 10.9. The summed E-state index contributed by atoms with van der Waals surface area (Å²) in [4.78, 5) is 14.6. The fourth-order valence-electron chi connectivity index (χ4n) is 7.30. The van der Waals surface area contributed by atoms with Crippen LogP contribution >= 0.6 is 11.3 Å². The van der Waals surface area contributed by atoms with E-state index in [-0.39, 0.29) is 17.2 Å². The number of nitrogens with zero attached hydrogens (tertiary/aromatic N) is 4. The van der Waals surface area contributed by atoms with Crippen molar-refractivity contribution in [2.24, 2.45) is 0 Å². The van der Waals surface area contributed by atoms with Crippen LogP contribution in [0, 0.1) is 0 Å². The molecule has 0 aliphatic carbocycles. The minimum Gasteiger partial charge on any atom is -0.455 e. The zero-order valence-electron chi connectivity index (χ0n) is 31.7.